The fourth-order valence-electron chi connectivity index (χ4n) is 3.81. The van der Waals surface area contributed by atoms with Crippen molar-refractivity contribution in [2.45, 2.75) is 52.2 Å². The third-order valence-corrected chi connectivity index (χ3v) is 5.80. The van der Waals surface area contributed by atoms with Crippen molar-refractivity contribution in [3.8, 4) is 28.4 Å². The van der Waals surface area contributed by atoms with Crippen molar-refractivity contribution in [2.24, 2.45) is 0 Å². The van der Waals surface area contributed by atoms with Crippen LogP contribution in [0.4, 0.5) is 0 Å². The average molecular weight is 422 g/mol. The number of fused-ring (bicyclic) bond motifs is 2. The van der Waals surface area contributed by atoms with E-state index in [0.29, 0.717) is 24.2 Å². The van der Waals surface area contributed by atoms with Crippen molar-refractivity contribution in [1.82, 2.24) is 0 Å². The summed E-state index contributed by atoms with van der Waals surface area (Å²) in [5.41, 5.74) is 2.02. The van der Waals surface area contributed by atoms with Gasteiger partial charge in [0.05, 0.1) is 11.7 Å². The first-order valence-corrected chi connectivity index (χ1v) is 10.2. The van der Waals surface area contributed by atoms with Crippen LogP contribution in [-0.4, -0.2) is 27.0 Å². The molecule has 1 aromatic heterocycles. The molecule has 0 amide bonds. The molecule has 0 bridgehead atoms. The molecular formula is C25H26O6. The monoisotopic (exact) mass is 422 g/mol. The van der Waals surface area contributed by atoms with Gasteiger partial charge in [-0.1, -0.05) is 17.7 Å². The van der Waals surface area contributed by atoms with Crippen LogP contribution in [0.1, 0.15) is 38.8 Å². The predicted octanol–water partition coefficient (Wildman–Crippen LogP) is 4.45. The van der Waals surface area contributed by atoms with Crippen LogP contribution in [0.3, 0.4) is 0 Å². The number of allylic oxidation sites excluding steroid dienone is 2. The van der Waals surface area contributed by atoms with Crippen molar-refractivity contribution in [3.63, 3.8) is 0 Å². The molecule has 0 fully saturated rings. The number of phenols is 2. The van der Waals surface area contributed by atoms with Gasteiger partial charge in [-0.05, 0) is 57.4 Å². The lowest BCUT2D eigenvalue weighted by molar-refractivity contribution is -0.0411. The molecule has 1 atom stereocenters. The molecule has 162 valence electrons. The molecule has 6 nitrogen and oxygen atoms in total. The quantitative estimate of drug-likeness (QED) is 0.539. The number of ether oxygens (including phenoxy) is 1. The van der Waals surface area contributed by atoms with Crippen LogP contribution in [0.15, 0.2) is 51.4 Å². The van der Waals surface area contributed by atoms with Gasteiger partial charge in [-0.2, -0.15) is 0 Å². The summed E-state index contributed by atoms with van der Waals surface area (Å²) in [5, 5.41) is 31.5. The molecule has 1 aliphatic rings. The zero-order chi connectivity index (χ0) is 22.5. The number of aliphatic hydroxyl groups is 1. The van der Waals surface area contributed by atoms with E-state index in [1.54, 1.807) is 18.2 Å². The van der Waals surface area contributed by atoms with Gasteiger partial charge in [0.15, 0.2) is 0 Å². The van der Waals surface area contributed by atoms with Gasteiger partial charge in [-0.3, -0.25) is 4.79 Å². The van der Waals surface area contributed by atoms with Gasteiger partial charge in [-0.25, -0.2) is 0 Å². The topological polar surface area (TPSA) is 100 Å². The molecule has 2 aromatic carbocycles. The van der Waals surface area contributed by atoms with E-state index in [1.807, 2.05) is 33.8 Å². The number of hydrogen-bond donors (Lipinski definition) is 3. The highest BCUT2D eigenvalue weighted by molar-refractivity contribution is 5.89. The molecule has 0 aliphatic carbocycles. The van der Waals surface area contributed by atoms with Crippen LogP contribution in [0.5, 0.6) is 17.2 Å². The standard InChI is InChI=1S/C25H26O6/c1-13(2)5-7-16-18(26)11-20-22(23(16)28)24(29)17(12-30-20)14-6-8-19-15(9-14)10-21(27)25(3,4)31-19/h5-6,8-9,11-12,21,26-28H,7,10H2,1-4H3/t21-/m1/s1. The number of benzene rings is 2. The van der Waals surface area contributed by atoms with E-state index in [-0.39, 0.29) is 33.6 Å². The summed E-state index contributed by atoms with van der Waals surface area (Å²) in [6.45, 7) is 7.49. The van der Waals surface area contributed by atoms with Crippen LogP contribution in [0.25, 0.3) is 22.1 Å². The van der Waals surface area contributed by atoms with Crippen LogP contribution in [0.2, 0.25) is 0 Å². The zero-order valence-electron chi connectivity index (χ0n) is 18.0. The molecule has 0 spiro atoms. The van der Waals surface area contributed by atoms with Crippen LogP contribution >= 0.6 is 0 Å². The number of rotatable bonds is 3. The predicted molar refractivity (Wildman–Crippen MR) is 119 cm³/mol. The van der Waals surface area contributed by atoms with E-state index in [2.05, 4.69) is 0 Å². The first-order valence-electron chi connectivity index (χ1n) is 10.2. The number of aromatic hydroxyl groups is 2. The van der Waals surface area contributed by atoms with E-state index in [4.69, 9.17) is 9.15 Å². The Morgan fingerprint density at radius 3 is 2.68 bits per heavy atom. The minimum atomic E-state index is -0.689. The smallest absolute Gasteiger partial charge is 0.204 e. The summed E-state index contributed by atoms with van der Waals surface area (Å²) >= 11 is 0. The van der Waals surface area contributed by atoms with Crippen molar-refractivity contribution in [2.75, 3.05) is 0 Å². The Kier molecular flexibility index (Phi) is 5.06. The summed E-state index contributed by atoms with van der Waals surface area (Å²) in [6, 6.07) is 6.69. The van der Waals surface area contributed by atoms with Crippen molar-refractivity contribution in [3.05, 3.63) is 63.5 Å². The number of phenolic OH excluding ortho intramolecular Hbond substituents is 2. The van der Waals surface area contributed by atoms with Crippen molar-refractivity contribution < 1.29 is 24.5 Å². The first kappa shape index (κ1) is 21.0. The Balaban J connectivity index is 1.85. The summed E-state index contributed by atoms with van der Waals surface area (Å²) in [5.74, 6) is 0.267. The second-order valence-corrected chi connectivity index (χ2v) is 8.81. The second-order valence-electron chi connectivity index (χ2n) is 8.81. The van der Waals surface area contributed by atoms with Crippen LogP contribution in [0, 0.1) is 0 Å². The molecule has 1 aliphatic heterocycles. The van der Waals surface area contributed by atoms with Crippen LogP contribution in [-0.2, 0) is 12.8 Å². The fraction of sp³-hybridized carbons (Fsp3) is 0.320. The van der Waals surface area contributed by atoms with Gasteiger partial charge in [0.1, 0.15) is 40.1 Å². The van der Waals surface area contributed by atoms with Gasteiger partial charge in [-0.15, -0.1) is 0 Å². The highest BCUT2D eigenvalue weighted by Crippen LogP contribution is 2.38. The third kappa shape index (κ3) is 3.68. The highest BCUT2D eigenvalue weighted by Gasteiger charge is 2.35. The van der Waals surface area contributed by atoms with Gasteiger partial charge in [0.2, 0.25) is 5.43 Å². The number of hydrogen-bond acceptors (Lipinski definition) is 6. The van der Waals surface area contributed by atoms with Gasteiger partial charge >= 0.3 is 0 Å². The van der Waals surface area contributed by atoms with Gasteiger partial charge in [0.25, 0.3) is 0 Å². The Morgan fingerprint density at radius 2 is 1.97 bits per heavy atom. The molecule has 0 unspecified atom stereocenters. The molecular weight excluding hydrogens is 396 g/mol. The molecule has 0 radical (unpaired) electrons. The largest absolute Gasteiger partial charge is 0.507 e. The third-order valence-electron chi connectivity index (χ3n) is 5.80. The maximum atomic E-state index is 13.3. The zero-order valence-corrected chi connectivity index (χ0v) is 18.0. The van der Waals surface area contributed by atoms with Gasteiger partial charge < -0.3 is 24.5 Å². The Bertz CT molecular complexity index is 1260. The lowest BCUT2D eigenvalue weighted by atomic mass is 9.89. The van der Waals surface area contributed by atoms with E-state index in [9.17, 15) is 20.1 Å². The lowest BCUT2D eigenvalue weighted by Gasteiger charge is -2.37. The second kappa shape index (κ2) is 7.46. The van der Waals surface area contributed by atoms with Crippen LogP contribution < -0.4 is 10.2 Å². The molecule has 2 heterocycles. The van der Waals surface area contributed by atoms with Crippen molar-refractivity contribution in [1.29, 1.82) is 0 Å². The van der Waals surface area contributed by atoms with E-state index < -0.39 is 17.1 Å². The summed E-state index contributed by atoms with van der Waals surface area (Å²) in [7, 11) is 0. The number of aliphatic hydroxyl groups excluding tert-OH is 1. The Hall–Kier alpha value is -3.25. The summed E-state index contributed by atoms with van der Waals surface area (Å²) in [6.07, 6.45) is 3.21. The molecule has 3 aromatic rings. The maximum absolute atomic E-state index is 13.3. The molecule has 31 heavy (non-hydrogen) atoms. The molecule has 6 heteroatoms. The molecule has 0 saturated carbocycles. The van der Waals surface area contributed by atoms with Gasteiger partial charge in [0, 0.05) is 18.1 Å². The lowest BCUT2D eigenvalue weighted by Crippen LogP contribution is -2.46. The van der Waals surface area contributed by atoms with E-state index in [1.165, 1.54) is 12.3 Å². The normalized spacial score (nSPS) is 17.1. The Morgan fingerprint density at radius 1 is 1.23 bits per heavy atom. The average Bonchev–Trinajstić information content (AvgIpc) is 2.68. The highest BCUT2D eigenvalue weighted by atomic mass is 16.5. The fourth-order valence-corrected chi connectivity index (χ4v) is 3.81. The minimum absolute atomic E-state index is 0.0302. The Labute approximate surface area is 180 Å². The van der Waals surface area contributed by atoms with E-state index in [0.717, 1.165) is 11.1 Å². The SMILES string of the molecule is CC(C)=CCc1c(O)cc2occ(-c3ccc4c(c3)C[C@@H](O)C(C)(C)O4)c(=O)c2c1O. The van der Waals surface area contributed by atoms with E-state index >= 15 is 0 Å². The summed E-state index contributed by atoms with van der Waals surface area (Å²) in [4.78, 5) is 13.3. The molecule has 0 saturated heterocycles. The maximum Gasteiger partial charge on any atom is 0.204 e. The summed E-state index contributed by atoms with van der Waals surface area (Å²) < 4.78 is 11.5. The molecule has 4 rings (SSSR count). The minimum Gasteiger partial charge on any atom is -0.507 e. The van der Waals surface area contributed by atoms with Crippen molar-refractivity contribution >= 4 is 11.0 Å². The molecule has 3 N–H and O–H groups in total. The first-order chi connectivity index (χ1) is 14.6.